The predicted octanol–water partition coefficient (Wildman–Crippen LogP) is 17.7. The number of nitrogens with zero attached hydrogens (tertiary/aromatic N) is 6. The molecule has 6 nitrogen and oxygen atoms in total. The van der Waals surface area contributed by atoms with E-state index in [0.717, 1.165) is 101 Å². The van der Waals surface area contributed by atoms with Crippen molar-refractivity contribution in [1.29, 1.82) is 0 Å². The van der Waals surface area contributed by atoms with Crippen molar-refractivity contribution in [3.8, 4) is 50.7 Å². The van der Waals surface area contributed by atoms with E-state index < -0.39 is 0 Å². The summed E-state index contributed by atoms with van der Waals surface area (Å²) in [6.07, 6.45) is 0. The monoisotopic (exact) mass is 908 g/mol. The average molecular weight is 909 g/mol. The number of fused-ring (bicyclic) bond motifs is 3. The van der Waals surface area contributed by atoms with Gasteiger partial charge in [0.2, 0.25) is 0 Å². The fourth-order valence-corrected chi connectivity index (χ4v) is 9.59. The maximum Gasteiger partial charge on any atom is 0.187 e. The van der Waals surface area contributed by atoms with E-state index in [1.165, 1.54) is 0 Å². The van der Waals surface area contributed by atoms with Gasteiger partial charge in [0, 0.05) is 67.3 Å². The van der Waals surface area contributed by atoms with Gasteiger partial charge in [-0.2, -0.15) is 0 Å². The molecule has 10 aromatic carbocycles. The number of rotatable bonds is 11. The molecular weight excluding hydrogens is 865 g/mol. The molecule has 0 aliphatic heterocycles. The van der Waals surface area contributed by atoms with Crippen molar-refractivity contribution in [2.24, 2.45) is 0 Å². The quantitative estimate of drug-likeness (QED) is 0.121. The molecule has 0 spiro atoms. The van der Waals surface area contributed by atoms with Crippen LogP contribution in [-0.4, -0.2) is 14.5 Å². The molecule has 334 valence electrons. The van der Waals surface area contributed by atoms with Crippen molar-refractivity contribution in [2.75, 3.05) is 9.80 Å². The summed E-state index contributed by atoms with van der Waals surface area (Å²) < 4.78 is 2.39. The van der Waals surface area contributed by atoms with E-state index in [0.29, 0.717) is 11.5 Å². The van der Waals surface area contributed by atoms with Gasteiger partial charge in [-0.05, 0) is 120 Å². The van der Waals surface area contributed by atoms with Crippen LogP contribution in [-0.2, 0) is 0 Å². The molecule has 0 saturated heterocycles. The van der Waals surface area contributed by atoms with Gasteiger partial charge < -0.3 is 14.4 Å². The standard InChI is InChI=1S/C65H44N6/c1-66-51-21-17-20-50(42-51)65-67-61(48-18-7-2-8-19-48)45-62(68-65)49-32-30-46(31-33-49)47-34-36-56(37-35-47)71-63-40-38-57(69(52-22-9-3-10-23-52)53-24-11-4-12-25-53)43-59(63)60-44-58(39-41-64(60)71)70(54-26-13-5-14-27-54)55-28-15-6-16-29-55/h2-45H. The molecule has 0 saturated carbocycles. The molecule has 0 unspecified atom stereocenters. The third-order valence-electron chi connectivity index (χ3n) is 13.0. The zero-order valence-corrected chi connectivity index (χ0v) is 38.6. The molecule has 0 amide bonds. The van der Waals surface area contributed by atoms with Gasteiger partial charge in [0.25, 0.3) is 0 Å². The molecule has 2 heterocycles. The normalized spacial score (nSPS) is 11.1. The molecule has 0 atom stereocenters. The molecule has 71 heavy (non-hydrogen) atoms. The molecule has 2 aromatic heterocycles. The van der Waals surface area contributed by atoms with Crippen molar-refractivity contribution in [3.63, 3.8) is 0 Å². The maximum atomic E-state index is 7.58. The summed E-state index contributed by atoms with van der Waals surface area (Å²) in [4.78, 5) is 18.3. The number of anilines is 6. The minimum absolute atomic E-state index is 0.553. The zero-order chi connectivity index (χ0) is 47.5. The first-order chi connectivity index (χ1) is 35.1. The Kier molecular flexibility index (Phi) is 11.2. The summed E-state index contributed by atoms with van der Waals surface area (Å²) in [7, 11) is 0. The second-order valence-electron chi connectivity index (χ2n) is 17.4. The summed E-state index contributed by atoms with van der Waals surface area (Å²) in [5.41, 5.74) is 17.0. The molecule has 0 N–H and O–H groups in total. The third kappa shape index (κ3) is 8.35. The smallest absolute Gasteiger partial charge is 0.187 e. The van der Waals surface area contributed by atoms with Gasteiger partial charge in [-0.25, -0.2) is 14.8 Å². The van der Waals surface area contributed by atoms with Crippen LogP contribution in [0.25, 0.3) is 77.4 Å². The van der Waals surface area contributed by atoms with E-state index in [4.69, 9.17) is 16.5 Å². The molecule has 0 fully saturated rings. The molecule has 6 heteroatoms. The van der Waals surface area contributed by atoms with Crippen molar-refractivity contribution in [3.05, 3.63) is 278 Å². The van der Waals surface area contributed by atoms with Gasteiger partial charge in [0.15, 0.2) is 11.5 Å². The maximum absolute atomic E-state index is 7.58. The Morgan fingerprint density at radius 2 is 0.718 bits per heavy atom. The fraction of sp³-hybridized carbons (Fsp3) is 0. The highest BCUT2D eigenvalue weighted by Gasteiger charge is 2.20. The lowest BCUT2D eigenvalue weighted by Gasteiger charge is -2.26. The van der Waals surface area contributed by atoms with Crippen LogP contribution in [0, 0.1) is 6.57 Å². The molecule has 12 rings (SSSR count). The highest BCUT2D eigenvalue weighted by molar-refractivity contribution is 6.12. The Morgan fingerprint density at radius 1 is 0.324 bits per heavy atom. The number of hydrogen-bond acceptors (Lipinski definition) is 4. The zero-order valence-electron chi connectivity index (χ0n) is 38.6. The highest BCUT2D eigenvalue weighted by Crippen LogP contribution is 2.43. The van der Waals surface area contributed by atoms with Crippen LogP contribution in [0.1, 0.15) is 0 Å². The van der Waals surface area contributed by atoms with Gasteiger partial charge >= 0.3 is 0 Å². The number of para-hydroxylation sites is 4. The van der Waals surface area contributed by atoms with Crippen LogP contribution in [0.3, 0.4) is 0 Å². The second kappa shape index (κ2) is 18.7. The Hall–Kier alpha value is -9.83. The summed E-state index contributed by atoms with van der Waals surface area (Å²) in [5.74, 6) is 0.582. The van der Waals surface area contributed by atoms with Gasteiger partial charge in [-0.15, -0.1) is 0 Å². The molecular formula is C65H44N6. The molecule has 0 aliphatic rings. The molecule has 0 aliphatic carbocycles. The molecule has 12 aromatic rings. The highest BCUT2D eigenvalue weighted by atomic mass is 15.1. The minimum Gasteiger partial charge on any atom is -0.310 e. The SMILES string of the molecule is [C-]#[N+]c1cccc(-c2nc(-c3ccccc3)cc(-c3ccc(-c4ccc(-n5c6ccc(N(c7ccccc7)c7ccccc7)cc6c6cc(N(c7ccccc7)c7ccccc7)ccc65)cc4)cc3)n2)c1. The first-order valence-corrected chi connectivity index (χ1v) is 23.7. The Morgan fingerprint density at radius 3 is 1.17 bits per heavy atom. The van der Waals surface area contributed by atoms with Crippen LogP contribution in [0.5, 0.6) is 0 Å². The molecule has 0 bridgehead atoms. The largest absolute Gasteiger partial charge is 0.310 e. The minimum atomic E-state index is 0.553. The van der Waals surface area contributed by atoms with Crippen LogP contribution in [0.4, 0.5) is 39.8 Å². The Balaban J connectivity index is 0.949. The van der Waals surface area contributed by atoms with E-state index in [9.17, 15) is 0 Å². The fourth-order valence-electron chi connectivity index (χ4n) is 9.59. The predicted molar refractivity (Wildman–Crippen MR) is 294 cm³/mol. The van der Waals surface area contributed by atoms with Crippen molar-refractivity contribution in [1.82, 2.24) is 14.5 Å². The first kappa shape index (κ1) is 42.5. The van der Waals surface area contributed by atoms with Gasteiger partial charge in [-0.3, -0.25) is 0 Å². The summed E-state index contributed by atoms with van der Waals surface area (Å²) in [6.45, 7) is 7.58. The summed E-state index contributed by atoms with van der Waals surface area (Å²) in [5, 5.41) is 2.30. The van der Waals surface area contributed by atoms with Crippen LogP contribution in [0.15, 0.2) is 267 Å². The number of benzene rings is 10. The van der Waals surface area contributed by atoms with Crippen molar-refractivity contribution in [2.45, 2.75) is 0 Å². The van der Waals surface area contributed by atoms with Gasteiger partial charge in [0.05, 0.1) is 29.0 Å². The number of hydrogen-bond donors (Lipinski definition) is 0. The summed E-state index contributed by atoms with van der Waals surface area (Å²) in [6, 6.07) is 93.2. The lowest BCUT2D eigenvalue weighted by molar-refractivity contribution is 1.18. The third-order valence-corrected chi connectivity index (χ3v) is 13.0. The van der Waals surface area contributed by atoms with Crippen LogP contribution in [0.2, 0.25) is 0 Å². The Bertz CT molecular complexity index is 3630. The van der Waals surface area contributed by atoms with E-state index in [2.05, 4.69) is 238 Å². The van der Waals surface area contributed by atoms with Crippen LogP contribution < -0.4 is 9.80 Å². The molecule has 0 radical (unpaired) electrons. The van der Waals surface area contributed by atoms with E-state index >= 15 is 0 Å². The first-order valence-electron chi connectivity index (χ1n) is 23.7. The van der Waals surface area contributed by atoms with Crippen LogP contribution >= 0.6 is 0 Å². The van der Waals surface area contributed by atoms with Crippen molar-refractivity contribution < 1.29 is 0 Å². The van der Waals surface area contributed by atoms with Gasteiger partial charge in [0.1, 0.15) is 0 Å². The average Bonchev–Trinajstić information content (AvgIpc) is 3.77. The second-order valence-corrected chi connectivity index (χ2v) is 17.4. The Labute approximate surface area is 413 Å². The van der Waals surface area contributed by atoms with E-state index in [-0.39, 0.29) is 0 Å². The number of aromatic nitrogens is 3. The summed E-state index contributed by atoms with van der Waals surface area (Å²) >= 11 is 0. The lowest BCUT2D eigenvalue weighted by Crippen LogP contribution is -2.09. The van der Waals surface area contributed by atoms with E-state index in [1.807, 2.05) is 42.5 Å². The lowest BCUT2D eigenvalue weighted by atomic mass is 10.0. The van der Waals surface area contributed by atoms with Crippen molar-refractivity contribution >= 4 is 61.6 Å². The topological polar surface area (TPSA) is 41.6 Å². The van der Waals surface area contributed by atoms with Gasteiger partial charge in [-0.1, -0.05) is 158 Å². The van der Waals surface area contributed by atoms with E-state index in [1.54, 1.807) is 6.07 Å².